The summed E-state index contributed by atoms with van der Waals surface area (Å²) < 4.78 is 0. The monoisotopic (exact) mass is 392 g/mol. The van der Waals surface area contributed by atoms with Gasteiger partial charge in [0, 0.05) is 16.9 Å². The number of nitrogens with zero attached hydrogens (tertiary/aromatic N) is 2. The molecular weight excluding hydrogens is 376 g/mol. The van der Waals surface area contributed by atoms with Crippen LogP contribution in [0.4, 0.5) is 5.69 Å². The molecule has 1 saturated heterocycles. The average Bonchev–Trinajstić information content (AvgIpc) is 3.44. The lowest BCUT2D eigenvalue weighted by Gasteiger charge is -2.29. The Labute approximate surface area is 166 Å². The first-order valence-electron chi connectivity index (χ1n) is 9.57. The molecule has 28 heavy (non-hydrogen) atoms. The molecule has 0 unspecified atom stereocenters. The van der Waals surface area contributed by atoms with E-state index in [1.54, 1.807) is 0 Å². The minimum atomic E-state index is -0.293. The highest BCUT2D eigenvalue weighted by Gasteiger charge is 2.70. The Balaban J connectivity index is 1.36. The molecule has 0 spiro atoms. The second kappa shape index (κ2) is 5.67. The summed E-state index contributed by atoms with van der Waals surface area (Å²) in [6, 6.07) is 16.8. The fraction of sp³-hybridized carbons (Fsp3) is 0.318. The molecule has 0 aromatic heterocycles. The first-order valence-corrected chi connectivity index (χ1v) is 9.95. The highest BCUT2D eigenvalue weighted by atomic mass is 35.5. The van der Waals surface area contributed by atoms with Crippen LogP contribution in [0.1, 0.15) is 12.0 Å². The van der Waals surface area contributed by atoms with Crippen molar-refractivity contribution in [3.05, 3.63) is 65.2 Å². The SMILES string of the molecule is O=C1[C@H]2[C@@H]3C[C@@H]([C@H]4ON=C(c5ccc(Cl)cc5)[C@H]34)[C@@H]2C(=O)N1c1ccccc1. The first kappa shape index (κ1) is 16.3. The molecule has 0 radical (unpaired) electrons. The van der Waals surface area contributed by atoms with Crippen molar-refractivity contribution in [3.63, 3.8) is 0 Å². The fourth-order valence-corrected chi connectivity index (χ4v) is 5.94. The van der Waals surface area contributed by atoms with E-state index in [2.05, 4.69) is 5.16 Å². The maximum Gasteiger partial charge on any atom is 0.238 e. The van der Waals surface area contributed by atoms with E-state index in [-0.39, 0.29) is 47.5 Å². The van der Waals surface area contributed by atoms with Gasteiger partial charge in [0.05, 0.1) is 23.2 Å². The van der Waals surface area contributed by atoms with Gasteiger partial charge in [0.15, 0.2) is 0 Å². The largest absolute Gasteiger partial charge is 0.391 e. The third-order valence-corrected chi connectivity index (χ3v) is 7.10. The molecule has 2 aromatic carbocycles. The van der Waals surface area contributed by atoms with Crippen molar-refractivity contribution >= 4 is 34.8 Å². The number of hydrogen-bond acceptors (Lipinski definition) is 4. The molecule has 3 fully saturated rings. The average molecular weight is 393 g/mol. The van der Waals surface area contributed by atoms with Gasteiger partial charge in [-0.05, 0) is 42.2 Å². The van der Waals surface area contributed by atoms with E-state index in [1.807, 2.05) is 54.6 Å². The number of carbonyl (C=O) groups is 2. The van der Waals surface area contributed by atoms with Crippen molar-refractivity contribution in [1.82, 2.24) is 0 Å². The van der Waals surface area contributed by atoms with Gasteiger partial charge in [-0.1, -0.05) is 47.1 Å². The number of para-hydroxylation sites is 1. The number of rotatable bonds is 2. The van der Waals surface area contributed by atoms with Crippen LogP contribution in [0, 0.1) is 29.6 Å². The highest BCUT2D eigenvalue weighted by molar-refractivity contribution is 6.30. The van der Waals surface area contributed by atoms with Crippen molar-refractivity contribution in [3.8, 4) is 0 Å². The van der Waals surface area contributed by atoms with E-state index in [9.17, 15) is 9.59 Å². The van der Waals surface area contributed by atoms with Crippen LogP contribution in [-0.2, 0) is 14.4 Å². The zero-order valence-electron chi connectivity index (χ0n) is 14.9. The van der Waals surface area contributed by atoms with E-state index in [0.717, 1.165) is 17.7 Å². The molecule has 4 aliphatic rings. The third-order valence-electron chi connectivity index (χ3n) is 6.84. The lowest BCUT2D eigenvalue weighted by Crippen LogP contribution is -2.41. The Bertz CT molecular complexity index is 1020. The van der Waals surface area contributed by atoms with Gasteiger partial charge in [0.2, 0.25) is 11.8 Å². The smallest absolute Gasteiger partial charge is 0.238 e. The zero-order valence-corrected chi connectivity index (χ0v) is 15.6. The van der Waals surface area contributed by atoms with Crippen LogP contribution in [0.25, 0.3) is 0 Å². The number of halogens is 1. The molecular formula is C22H17ClN2O3. The summed E-state index contributed by atoms with van der Waals surface area (Å²) in [5.41, 5.74) is 2.51. The van der Waals surface area contributed by atoms with E-state index < -0.39 is 0 Å². The van der Waals surface area contributed by atoms with Crippen LogP contribution in [-0.4, -0.2) is 23.6 Å². The highest BCUT2D eigenvalue weighted by Crippen LogP contribution is 2.62. The molecule has 5 nitrogen and oxygen atoms in total. The molecule has 2 aromatic rings. The number of anilines is 1. The molecule has 2 bridgehead atoms. The minimum Gasteiger partial charge on any atom is -0.391 e. The molecule has 6 rings (SSSR count). The summed E-state index contributed by atoms with van der Waals surface area (Å²) in [7, 11) is 0. The minimum absolute atomic E-state index is 0.0405. The van der Waals surface area contributed by atoms with Crippen molar-refractivity contribution in [2.75, 3.05) is 4.90 Å². The quantitative estimate of drug-likeness (QED) is 0.735. The Morgan fingerprint density at radius 2 is 1.57 bits per heavy atom. The lowest BCUT2D eigenvalue weighted by atomic mass is 9.71. The van der Waals surface area contributed by atoms with E-state index >= 15 is 0 Å². The van der Waals surface area contributed by atoms with Crippen LogP contribution >= 0.6 is 11.6 Å². The number of oxime groups is 1. The molecule has 6 atom stereocenters. The van der Waals surface area contributed by atoms with Gasteiger partial charge in [0.25, 0.3) is 0 Å². The van der Waals surface area contributed by atoms with Crippen molar-refractivity contribution in [2.24, 2.45) is 34.7 Å². The molecule has 140 valence electrons. The Morgan fingerprint density at radius 1 is 0.893 bits per heavy atom. The number of hydrogen-bond donors (Lipinski definition) is 0. The van der Waals surface area contributed by atoms with Gasteiger partial charge in [-0.3, -0.25) is 14.5 Å². The Morgan fingerprint density at radius 3 is 2.29 bits per heavy atom. The number of benzene rings is 2. The molecule has 6 heteroatoms. The molecule has 0 N–H and O–H groups in total. The zero-order chi connectivity index (χ0) is 19.0. The number of carbonyl (C=O) groups excluding carboxylic acids is 2. The predicted octanol–water partition coefficient (Wildman–Crippen LogP) is 3.51. The van der Waals surface area contributed by atoms with Crippen LogP contribution in [0.3, 0.4) is 0 Å². The van der Waals surface area contributed by atoms with E-state index in [1.165, 1.54) is 4.90 Å². The Hall–Kier alpha value is -2.66. The van der Waals surface area contributed by atoms with Gasteiger partial charge in [-0.15, -0.1) is 0 Å². The molecule has 2 heterocycles. The van der Waals surface area contributed by atoms with Crippen LogP contribution < -0.4 is 4.90 Å². The Kier molecular flexibility index (Phi) is 3.30. The van der Waals surface area contributed by atoms with Gasteiger partial charge in [-0.2, -0.15) is 0 Å². The van der Waals surface area contributed by atoms with Crippen LogP contribution in [0.2, 0.25) is 5.02 Å². The maximum absolute atomic E-state index is 13.3. The number of fused-ring (bicyclic) bond motifs is 8. The molecule has 2 saturated carbocycles. The second-order valence-electron chi connectivity index (χ2n) is 8.04. The van der Waals surface area contributed by atoms with Gasteiger partial charge < -0.3 is 4.84 Å². The predicted molar refractivity (Wildman–Crippen MR) is 104 cm³/mol. The summed E-state index contributed by atoms with van der Waals surface area (Å²) in [4.78, 5) is 33.6. The van der Waals surface area contributed by atoms with Gasteiger partial charge in [0.1, 0.15) is 6.10 Å². The summed E-state index contributed by atoms with van der Waals surface area (Å²) >= 11 is 6.02. The first-order chi connectivity index (χ1) is 13.6. The summed E-state index contributed by atoms with van der Waals surface area (Å²) in [6.45, 7) is 0. The van der Waals surface area contributed by atoms with Crippen molar-refractivity contribution in [1.29, 1.82) is 0 Å². The summed E-state index contributed by atoms with van der Waals surface area (Å²) in [5.74, 6) is -0.553. The molecule has 2 aliphatic heterocycles. The molecule has 2 amide bonds. The van der Waals surface area contributed by atoms with Crippen LogP contribution in [0.5, 0.6) is 0 Å². The third kappa shape index (κ3) is 2.00. The standard InChI is InChI=1S/C22H17ClN2O3/c23-12-8-6-11(7-9-12)19-18-14-10-15(20(18)28-24-19)17-16(14)21(26)25(22(17)27)13-4-2-1-3-5-13/h1-9,14-18,20H,10H2/t14-,15+,16-,17-,18-,20+/m0/s1. The molecule has 2 aliphatic carbocycles. The number of amides is 2. The van der Waals surface area contributed by atoms with E-state index in [4.69, 9.17) is 16.4 Å². The lowest BCUT2D eigenvalue weighted by molar-refractivity contribution is -0.125. The maximum atomic E-state index is 13.3. The summed E-state index contributed by atoms with van der Waals surface area (Å²) in [5, 5.41) is 5.02. The topological polar surface area (TPSA) is 59.0 Å². The van der Waals surface area contributed by atoms with E-state index in [0.29, 0.717) is 10.7 Å². The second-order valence-corrected chi connectivity index (χ2v) is 8.48. The van der Waals surface area contributed by atoms with Crippen LogP contribution in [0.15, 0.2) is 59.8 Å². The fourth-order valence-electron chi connectivity index (χ4n) is 5.82. The van der Waals surface area contributed by atoms with Crippen molar-refractivity contribution < 1.29 is 14.4 Å². The number of imide groups is 1. The van der Waals surface area contributed by atoms with Gasteiger partial charge >= 0.3 is 0 Å². The summed E-state index contributed by atoms with van der Waals surface area (Å²) in [6.07, 6.45) is 0.724. The normalized spacial score (nSPS) is 35.0. The van der Waals surface area contributed by atoms with Crippen molar-refractivity contribution in [2.45, 2.75) is 12.5 Å². The van der Waals surface area contributed by atoms with Gasteiger partial charge in [-0.25, -0.2) is 0 Å².